The zero-order chi connectivity index (χ0) is 12.3. The summed E-state index contributed by atoms with van der Waals surface area (Å²) in [6.45, 7) is 0. The van der Waals surface area contributed by atoms with Gasteiger partial charge in [0.25, 0.3) is 5.91 Å². The topological polar surface area (TPSA) is 162 Å². The number of amides is 2. The third-order valence-corrected chi connectivity index (χ3v) is 2.37. The summed E-state index contributed by atoms with van der Waals surface area (Å²) in [5.41, 5.74) is 13.8. The summed E-state index contributed by atoms with van der Waals surface area (Å²) in [6, 6.07) is 0. The molecule has 0 spiro atoms. The van der Waals surface area contributed by atoms with Crippen LogP contribution in [0.25, 0.3) is 0 Å². The smallest absolute Gasteiger partial charge is 0.259 e. The zero-order valence-corrected chi connectivity index (χ0v) is 8.44. The first-order chi connectivity index (χ1) is 7.45. The van der Waals surface area contributed by atoms with Gasteiger partial charge in [0.05, 0.1) is 5.92 Å². The van der Waals surface area contributed by atoms with Crippen molar-refractivity contribution in [3.8, 4) is 0 Å². The predicted molar refractivity (Wildman–Crippen MR) is 56.5 cm³/mol. The molecule has 10 N–H and O–H groups in total. The lowest BCUT2D eigenvalue weighted by atomic mass is 9.79. The number of carbonyl (C=O) groups is 2. The molecular weight excluding hydrogens is 212 g/mol. The molecule has 0 aliphatic heterocycles. The predicted octanol–water partition coefficient (Wildman–Crippen LogP) is -3.31. The lowest BCUT2D eigenvalue weighted by Gasteiger charge is -2.32. The Labute approximate surface area is 91.6 Å². The molecule has 2 atom stereocenters. The van der Waals surface area contributed by atoms with Crippen molar-refractivity contribution in [2.24, 2.45) is 29.1 Å². The Kier molecular flexibility index (Phi) is 3.28. The number of hydrogen-bond donors (Lipinski definition) is 6. The van der Waals surface area contributed by atoms with Gasteiger partial charge in [-0.15, -0.1) is 0 Å². The Balaban J connectivity index is 3.13. The fourth-order valence-electron chi connectivity index (χ4n) is 1.45. The quantitative estimate of drug-likeness (QED) is 0.164. The number of hydrogen-bond acceptors (Lipinski definition) is 6. The van der Waals surface area contributed by atoms with E-state index >= 15 is 0 Å². The summed E-state index contributed by atoms with van der Waals surface area (Å²) in [6.07, 6.45) is 4.08. The summed E-state index contributed by atoms with van der Waals surface area (Å²) in [4.78, 5) is 23.0. The molecule has 0 aromatic carbocycles. The molecule has 1 aliphatic carbocycles. The SMILES string of the molecule is NNC(=O)C1C=C(N)C=CC1(N)C(=O)NN. The highest BCUT2D eigenvalue weighted by Gasteiger charge is 2.44. The molecule has 0 bridgehead atoms. The molecule has 16 heavy (non-hydrogen) atoms. The van der Waals surface area contributed by atoms with E-state index in [1.54, 1.807) is 0 Å². The number of nitrogens with two attached hydrogens (primary N) is 4. The lowest BCUT2D eigenvalue weighted by molar-refractivity contribution is -0.133. The molecule has 0 saturated carbocycles. The summed E-state index contributed by atoms with van der Waals surface area (Å²) in [5.74, 6) is 7.65. The van der Waals surface area contributed by atoms with Gasteiger partial charge in [0.15, 0.2) is 0 Å². The first-order valence-corrected chi connectivity index (χ1v) is 4.42. The molecular formula is C8H14N6O2. The normalized spacial score (nSPS) is 28.2. The second-order valence-electron chi connectivity index (χ2n) is 3.39. The number of allylic oxidation sites excluding steroid dienone is 1. The molecule has 0 aromatic rings. The van der Waals surface area contributed by atoms with Crippen molar-refractivity contribution in [3.63, 3.8) is 0 Å². The highest BCUT2D eigenvalue weighted by atomic mass is 16.2. The van der Waals surface area contributed by atoms with E-state index in [4.69, 9.17) is 23.2 Å². The second kappa shape index (κ2) is 4.31. The van der Waals surface area contributed by atoms with Crippen LogP contribution in [0.5, 0.6) is 0 Å². The van der Waals surface area contributed by atoms with Crippen LogP contribution in [0.3, 0.4) is 0 Å². The van der Waals surface area contributed by atoms with Crippen molar-refractivity contribution >= 4 is 11.8 Å². The highest BCUT2D eigenvalue weighted by molar-refractivity contribution is 5.96. The summed E-state index contributed by atoms with van der Waals surface area (Å²) >= 11 is 0. The van der Waals surface area contributed by atoms with Gasteiger partial charge in [0.1, 0.15) is 5.54 Å². The van der Waals surface area contributed by atoms with Crippen LogP contribution in [0, 0.1) is 5.92 Å². The van der Waals surface area contributed by atoms with E-state index in [9.17, 15) is 9.59 Å². The first-order valence-electron chi connectivity index (χ1n) is 4.42. The zero-order valence-electron chi connectivity index (χ0n) is 8.44. The van der Waals surface area contributed by atoms with E-state index in [1.165, 1.54) is 18.2 Å². The molecule has 1 aliphatic rings. The van der Waals surface area contributed by atoms with Gasteiger partial charge in [-0.25, -0.2) is 11.7 Å². The maximum absolute atomic E-state index is 11.5. The van der Waals surface area contributed by atoms with Crippen molar-refractivity contribution in [2.45, 2.75) is 5.54 Å². The molecule has 8 heteroatoms. The third-order valence-electron chi connectivity index (χ3n) is 2.37. The molecule has 2 unspecified atom stereocenters. The van der Waals surface area contributed by atoms with Gasteiger partial charge in [0.2, 0.25) is 5.91 Å². The van der Waals surface area contributed by atoms with Crippen molar-refractivity contribution in [3.05, 3.63) is 23.9 Å². The minimum atomic E-state index is -1.60. The molecule has 0 radical (unpaired) electrons. The summed E-state index contributed by atoms with van der Waals surface area (Å²) in [5, 5.41) is 0. The van der Waals surface area contributed by atoms with Crippen molar-refractivity contribution in [1.29, 1.82) is 0 Å². The molecule has 1 rings (SSSR count). The Hall–Kier alpha value is -1.90. The fraction of sp³-hybridized carbons (Fsp3) is 0.250. The Bertz CT molecular complexity index is 377. The molecule has 88 valence electrons. The minimum Gasteiger partial charge on any atom is -0.399 e. The van der Waals surface area contributed by atoms with Crippen LogP contribution in [0.1, 0.15) is 0 Å². The maximum Gasteiger partial charge on any atom is 0.259 e. The number of rotatable bonds is 2. The Morgan fingerprint density at radius 3 is 2.44 bits per heavy atom. The van der Waals surface area contributed by atoms with Crippen LogP contribution >= 0.6 is 0 Å². The molecule has 2 amide bonds. The van der Waals surface area contributed by atoms with E-state index in [0.717, 1.165) is 0 Å². The molecule has 0 saturated heterocycles. The highest BCUT2D eigenvalue weighted by Crippen LogP contribution is 2.24. The largest absolute Gasteiger partial charge is 0.399 e. The summed E-state index contributed by atoms with van der Waals surface area (Å²) < 4.78 is 0. The average molecular weight is 226 g/mol. The number of nitrogens with one attached hydrogen (secondary N) is 2. The van der Waals surface area contributed by atoms with Gasteiger partial charge in [-0.1, -0.05) is 6.08 Å². The maximum atomic E-state index is 11.5. The molecule has 8 nitrogen and oxygen atoms in total. The van der Waals surface area contributed by atoms with E-state index in [1.807, 2.05) is 10.9 Å². The van der Waals surface area contributed by atoms with Crippen LogP contribution in [-0.4, -0.2) is 17.4 Å². The monoisotopic (exact) mass is 226 g/mol. The van der Waals surface area contributed by atoms with Crippen LogP contribution < -0.4 is 34.0 Å². The third kappa shape index (κ3) is 1.89. The van der Waals surface area contributed by atoms with Crippen LogP contribution in [0.4, 0.5) is 0 Å². The Morgan fingerprint density at radius 1 is 1.31 bits per heavy atom. The van der Waals surface area contributed by atoms with Gasteiger partial charge in [0, 0.05) is 5.70 Å². The summed E-state index contributed by atoms with van der Waals surface area (Å²) in [7, 11) is 0. The molecule has 0 heterocycles. The standard InChI is InChI=1S/C8H14N6O2/c9-4-1-2-8(10,7(16)14-12)5(3-4)6(15)13-11/h1-3,5H,9-12H2,(H,13,15)(H,14,16). The first kappa shape index (κ1) is 12.2. The van der Waals surface area contributed by atoms with E-state index in [0.29, 0.717) is 5.70 Å². The molecule has 0 aromatic heterocycles. The lowest BCUT2D eigenvalue weighted by Crippen LogP contribution is -2.63. The van der Waals surface area contributed by atoms with Crippen LogP contribution in [0.15, 0.2) is 23.9 Å². The molecule has 0 fully saturated rings. The Morgan fingerprint density at radius 2 is 1.94 bits per heavy atom. The van der Waals surface area contributed by atoms with Crippen molar-refractivity contribution in [2.75, 3.05) is 0 Å². The average Bonchev–Trinajstić information content (AvgIpc) is 2.30. The minimum absolute atomic E-state index is 0.319. The van der Waals surface area contributed by atoms with Gasteiger partial charge < -0.3 is 11.5 Å². The van der Waals surface area contributed by atoms with Crippen molar-refractivity contribution < 1.29 is 9.59 Å². The van der Waals surface area contributed by atoms with Gasteiger partial charge in [-0.05, 0) is 12.2 Å². The number of hydrazine groups is 2. The van der Waals surface area contributed by atoms with Crippen LogP contribution in [-0.2, 0) is 9.59 Å². The second-order valence-corrected chi connectivity index (χ2v) is 3.39. The van der Waals surface area contributed by atoms with Gasteiger partial charge in [-0.2, -0.15) is 0 Å². The fourth-order valence-corrected chi connectivity index (χ4v) is 1.45. The van der Waals surface area contributed by atoms with Crippen molar-refractivity contribution in [1.82, 2.24) is 10.9 Å². The van der Waals surface area contributed by atoms with E-state index in [-0.39, 0.29) is 0 Å². The van der Waals surface area contributed by atoms with E-state index < -0.39 is 23.3 Å². The van der Waals surface area contributed by atoms with Crippen LogP contribution in [0.2, 0.25) is 0 Å². The van der Waals surface area contributed by atoms with E-state index in [2.05, 4.69) is 0 Å². The van der Waals surface area contributed by atoms with Gasteiger partial charge in [-0.3, -0.25) is 20.4 Å². The number of carbonyl (C=O) groups excluding carboxylic acids is 2. The van der Waals surface area contributed by atoms with Gasteiger partial charge >= 0.3 is 0 Å².